The summed E-state index contributed by atoms with van der Waals surface area (Å²) in [5.74, 6) is -1.75. The summed E-state index contributed by atoms with van der Waals surface area (Å²) in [6.45, 7) is 0. The van der Waals surface area contributed by atoms with Gasteiger partial charge < -0.3 is 19.7 Å². The molecule has 3 N–H and O–H groups in total. The minimum atomic E-state index is -1.34. The van der Waals surface area contributed by atoms with Crippen LogP contribution in [-0.2, 0) is 0 Å². The maximum absolute atomic E-state index is 12.5. The molecule has 0 unspecified atom stereocenters. The molecule has 0 aliphatic carbocycles. The Labute approximate surface area is 123 Å². The van der Waals surface area contributed by atoms with Gasteiger partial charge in [0.25, 0.3) is 0 Å². The van der Waals surface area contributed by atoms with Gasteiger partial charge in [-0.1, -0.05) is 12.1 Å². The smallest absolute Gasteiger partial charge is 0.339 e. The summed E-state index contributed by atoms with van der Waals surface area (Å²) in [5.41, 5.74) is 0.0556. The molecule has 0 aliphatic rings. The van der Waals surface area contributed by atoms with Crippen molar-refractivity contribution in [2.24, 2.45) is 0 Å². The molecule has 110 valence electrons. The molecule has 0 saturated carbocycles. The molecule has 6 heteroatoms. The average molecular weight is 298 g/mol. The van der Waals surface area contributed by atoms with Crippen molar-refractivity contribution in [2.75, 3.05) is 0 Å². The molecule has 22 heavy (non-hydrogen) atoms. The zero-order chi connectivity index (χ0) is 15.9. The number of carboxylic acids is 1. The number of rotatable bonds is 2. The van der Waals surface area contributed by atoms with Gasteiger partial charge in [-0.2, -0.15) is 0 Å². The topological polar surface area (TPSA) is 108 Å². The molecule has 0 aliphatic heterocycles. The number of aromatic carboxylic acids is 1. The van der Waals surface area contributed by atoms with Crippen LogP contribution in [0.25, 0.3) is 22.1 Å². The summed E-state index contributed by atoms with van der Waals surface area (Å²) in [4.78, 5) is 23.6. The van der Waals surface area contributed by atoms with Gasteiger partial charge in [-0.25, -0.2) is 4.79 Å². The number of hydrogen-bond donors (Lipinski definition) is 3. The van der Waals surface area contributed by atoms with Gasteiger partial charge in [-0.3, -0.25) is 4.79 Å². The highest BCUT2D eigenvalue weighted by Gasteiger charge is 2.16. The van der Waals surface area contributed by atoms with Crippen molar-refractivity contribution in [1.82, 2.24) is 0 Å². The first-order valence-electron chi connectivity index (χ1n) is 6.28. The van der Waals surface area contributed by atoms with Gasteiger partial charge in [0, 0.05) is 6.07 Å². The number of carbonyl (C=O) groups is 1. The van der Waals surface area contributed by atoms with E-state index in [9.17, 15) is 19.8 Å². The lowest BCUT2D eigenvalue weighted by atomic mass is 10.0. The van der Waals surface area contributed by atoms with E-state index in [1.807, 2.05) is 0 Å². The minimum absolute atomic E-state index is 0.0563. The Morgan fingerprint density at radius 3 is 2.36 bits per heavy atom. The molecule has 0 spiro atoms. The second-order valence-electron chi connectivity index (χ2n) is 4.70. The summed E-state index contributed by atoms with van der Waals surface area (Å²) in [6, 6.07) is 8.14. The second kappa shape index (κ2) is 4.92. The molecule has 6 nitrogen and oxygen atoms in total. The Balaban J connectivity index is 2.29. The Morgan fingerprint density at radius 1 is 1.05 bits per heavy atom. The van der Waals surface area contributed by atoms with E-state index in [-0.39, 0.29) is 27.8 Å². The van der Waals surface area contributed by atoms with Crippen LogP contribution in [0.3, 0.4) is 0 Å². The number of carboxylic acid groups (broad SMARTS) is 1. The first-order valence-corrected chi connectivity index (χ1v) is 6.28. The van der Waals surface area contributed by atoms with Gasteiger partial charge in [-0.05, 0) is 23.8 Å². The number of phenolic OH excluding ortho intramolecular Hbond substituents is 1. The van der Waals surface area contributed by atoms with Gasteiger partial charge in [0.2, 0.25) is 5.43 Å². The third-order valence-corrected chi connectivity index (χ3v) is 3.30. The van der Waals surface area contributed by atoms with Crippen molar-refractivity contribution in [2.45, 2.75) is 0 Å². The summed E-state index contributed by atoms with van der Waals surface area (Å²) < 4.78 is 5.31. The molecule has 0 radical (unpaired) electrons. The summed E-state index contributed by atoms with van der Waals surface area (Å²) in [6.07, 6.45) is 1.23. The highest BCUT2D eigenvalue weighted by atomic mass is 16.4. The maximum atomic E-state index is 12.5. The van der Waals surface area contributed by atoms with Crippen LogP contribution >= 0.6 is 0 Å². The molecule has 0 bridgehead atoms. The fraction of sp³-hybridized carbons (Fsp3) is 0. The van der Waals surface area contributed by atoms with E-state index in [1.54, 1.807) is 12.1 Å². The first kappa shape index (κ1) is 13.7. The van der Waals surface area contributed by atoms with E-state index in [0.717, 1.165) is 12.1 Å². The van der Waals surface area contributed by atoms with Crippen molar-refractivity contribution in [3.63, 3.8) is 0 Å². The zero-order valence-electron chi connectivity index (χ0n) is 11.1. The van der Waals surface area contributed by atoms with Crippen LogP contribution in [0.15, 0.2) is 51.9 Å². The van der Waals surface area contributed by atoms with Gasteiger partial charge in [-0.15, -0.1) is 0 Å². The molecular weight excluding hydrogens is 288 g/mol. The van der Waals surface area contributed by atoms with Crippen LogP contribution in [-0.4, -0.2) is 21.3 Å². The highest BCUT2D eigenvalue weighted by molar-refractivity contribution is 5.96. The number of benzene rings is 2. The predicted molar refractivity (Wildman–Crippen MR) is 78.2 cm³/mol. The summed E-state index contributed by atoms with van der Waals surface area (Å²) in [5, 5.41) is 28.0. The molecular formula is C16H10O6. The Bertz CT molecular complexity index is 937. The largest absolute Gasteiger partial charge is 0.508 e. The molecule has 3 rings (SSSR count). The molecule has 1 aromatic heterocycles. The van der Waals surface area contributed by atoms with Gasteiger partial charge in [0.05, 0.1) is 10.9 Å². The normalized spacial score (nSPS) is 10.7. The van der Waals surface area contributed by atoms with Crippen LogP contribution in [0, 0.1) is 0 Å². The van der Waals surface area contributed by atoms with Crippen LogP contribution in [0.2, 0.25) is 0 Å². The van der Waals surface area contributed by atoms with Crippen LogP contribution in [0.1, 0.15) is 10.4 Å². The van der Waals surface area contributed by atoms with Crippen molar-refractivity contribution in [1.29, 1.82) is 0 Å². The summed E-state index contributed by atoms with van der Waals surface area (Å²) >= 11 is 0. The number of hydrogen-bond acceptors (Lipinski definition) is 5. The lowest BCUT2D eigenvalue weighted by Crippen LogP contribution is -2.06. The Hall–Kier alpha value is -3.28. The number of phenols is 2. The molecule has 0 saturated heterocycles. The Kier molecular flexibility index (Phi) is 3.06. The highest BCUT2D eigenvalue weighted by Crippen LogP contribution is 2.26. The van der Waals surface area contributed by atoms with Crippen molar-refractivity contribution in [3.8, 4) is 22.6 Å². The fourth-order valence-electron chi connectivity index (χ4n) is 2.18. The monoisotopic (exact) mass is 298 g/mol. The van der Waals surface area contributed by atoms with Crippen LogP contribution < -0.4 is 5.43 Å². The van der Waals surface area contributed by atoms with Gasteiger partial charge in [0.15, 0.2) is 0 Å². The standard InChI is InChI=1S/C16H10O6/c17-9-3-1-8(2-4-9)12-7-22-14-6-13(18)10(16(20)21)5-11(14)15(12)19/h1-7,17-18H,(H,20,21). The van der Waals surface area contributed by atoms with Crippen molar-refractivity contribution < 1.29 is 24.5 Å². The number of fused-ring (bicyclic) bond motifs is 1. The van der Waals surface area contributed by atoms with E-state index in [0.29, 0.717) is 5.56 Å². The van der Waals surface area contributed by atoms with E-state index in [1.165, 1.54) is 18.4 Å². The number of aromatic hydroxyl groups is 2. The van der Waals surface area contributed by atoms with Crippen LogP contribution in [0.5, 0.6) is 11.5 Å². The fourth-order valence-corrected chi connectivity index (χ4v) is 2.18. The van der Waals surface area contributed by atoms with Crippen LogP contribution in [0.4, 0.5) is 0 Å². The second-order valence-corrected chi connectivity index (χ2v) is 4.70. The average Bonchev–Trinajstić information content (AvgIpc) is 2.48. The molecule has 1 heterocycles. The Morgan fingerprint density at radius 2 is 1.73 bits per heavy atom. The van der Waals surface area contributed by atoms with Gasteiger partial charge in [0.1, 0.15) is 28.9 Å². The first-order chi connectivity index (χ1) is 10.5. The molecule has 0 fully saturated rings. The third kappa shape index (κ3) is 2.16. The molecule has 3 aromatic rings. The lowest BCUT2D eigenvalue weighted by Gasteiger charge is -2.05. The molecule has 0 amide bonds. The predicted octanol–water partition coefficient (Wildman–Crippen LogP) is 2.57. The van der Waals surface area contributed by atoms with Gasteiger partial charge >= 0.3 is 5.97 Å². The molecule has 0 atom stereocenters. The zero-order valence-corrected chi connectivity index (χ0v) is 11.1. The van der Waals surface area contributed by atoms with Crippen molar-refractivity contribution >= 4 is 16.9 Å². The van der Waals surface area contributed by atoms with Crippen molar-refractivity contribution in [3.05, 3.63) is 58.4 Å². The van der Waals surface area contributed by atoms with E-state index >= 15 is 0 Å². The van der Waals surface area contributed by atoms with E-state index in [4.69, 9.17) is 9.52 Å². The summed E-state index contributed by atoms with van der Waals surface area (Å²) in [7, 11) is 0. The quantitative estimate of drug-likeness (QED) is 0.671. The van der Waals surface area contributed by atoms with E-state index < -0.39 is 17.1 Å². The van der Waals surface area contributed by atoms with E-state index in [2.05, 4.69) is 0 Å². The SMILES string of the molecule is O=C(O)c1cc2c(=O)c(-c3ccc(O)cc3)coc2cc1O. The molecule has 2 aromatic carbocycles. The lowest BCUT2D eigenvalue weighted by molar-refractivity contribution is 0.0694. The maximum Gasteiger partial charge on any atom is 0.339 e. The minimum Gasteiger partial charge on any atom is -0.508 e. The third-order valence-electron chi connectivity index (χ3n) is 3.30.